The molecule has 0 aliphatic carbocycles. The van der Waals surface area contributed by atoms with Gasteiger partial charge in [0.25, 0.3) is 0 Å². The van der Waals surface area contributed by atoms with E-state index >= 15 is 0 Å². The van der Waals surface area contributed by atoms with Gasteiger partial charge in [0.15, 0.2) is 5.75 Å². The monoisotopic (exact) mass is 523 g/mol. The van der Waals surface area contributed by atoms with E-state index in [0.717, 1.165) is 4.47 Å². The Hall–Kier alpha value is -0.860. The molecule has 0 saturated heterocycles. The van der Waals surface area contributed by atoms with Gasteiger partial charge in [-0.05, 0) is 52.7 Å². The van der Waals surface area contributed by atoms with Crippen molar-refractivity contribution in [2.45, 2.75) is 11.8 Å². The molecule has 0 N–H and O–H groups in total. The molecule has 3 aromatic rings. The van der Waals surface area contributed by atoms with Gasteiger partial charge in [0, 0.05) is 21.1 Å². The van der Waals surface area contributed by atoms with Crippen LogP contribution in [0.5, 0.6) is 5.75 Å². The van der Waals surface area contributed by atoms with Crippen molar-refractivity contribution in [3.8, 4) is 5.75 Å². The number of aryl methyl sites for hydroxylation is 1. The number of nitrogens with zero attached hydrogens (tertiary/aromatic N) is 1. The molecule has 2 aromatic carbocycles. The Bertz CT molecular complexity index is 1100. The number of hydrogen-bond donors (Lipinski definition) is 0. The quantitative estimate of drug-likeness (QED) is 0.385. The molecule has 1 heterocycles. The lowest BCUT2D eigenvalue weighted by atomic mass is 10.2. The van der Waals surface area contributed by atoms with Gasteiger partial charge in [0.05, 0.1) is 9.50 Å². The predicted molar refractivity (Wildman–Crippen MR) is 106 cm³/mol. The fourth-order valence-electron chi connectivity index (χ4n) is 2.20. The number of pyridine rings is 1. The minimum Gasteiger partial charge on any atom is -0.375 e. The molecule has 0 fully saturated rings. The highest BCUT2D eigenvalue weighted by atomic mass is 79.9. The van der Waals surface area contributed by atoms with Crippen molar-refractivity contribution in [3.63, 3.8) is 0 Å². The van der Waals surface area contributed by atoms with Crippen LogP contribution < -0.4 is 4.18 Å². The first-order valence-electron chi connectivity index (χ1n) is 6.83. The van der Waals surface area contributed by atoms with Crippen LogP contribution in [0, 0.1) is 6.92 Å². The molecule has 0 amide bonds. The molecule has 0 spiro atoms. The van der Waals surface area contributed by atoms with E-state index in [0.29, 0.717) is 26.0 Å². The highest BCUT2D eigenvalue weighted by molar-refractivity contribution is 9.11. The lowest BCUT2D eigenvalue weighted by molar-refractivity contribution is 0.486. The lowest BCUT2D eigenvalue weighted by Crippen LogP contribution is -2.11. The van der Waals surface area contributed by atoms with E-state index in [1.165, 1.54) is 12.1 Å². The SMILES string of the molecule is Cc1cc(S(=O)(=O)Oc2c(Br)cc(Br)c3cccnc23)c(Cl)cc1Cl. The van der Waals surface area contributed by atoms with Gasteiger partial charge in [-0.3, -0.25) is 4.98 Å². The topological polar surface area (TPSA) is 56.3 Å². The summed E-state index contributed by atoms with van der Waals surface area (Å²) in [5.41, 5.74) is 0.972. The molecular formula is C16H9Br2Cl2NO3S. The van der Waals surface area contributed by atoms with Crippen LogP contribution in [0.2, 0.25) is 10.0 Å². The highest BCUT2D eigenvalue weighted by Crippen LogP contribution is 2.39. The van der Waals surface area contributed by atoms with Crippen LogP contribution >= 0.6 is 55.1 Å². The third-order valence-corrected chi connectivity index (χ3v) is 6.77. The van der Waals surface area contributed by atoms with Crippen molar-refractivity contribution in [1.29, 1.82) is 0 Å². The molecule has 0 aliphatic rings. The molecule has 3 rings (SSSR count). The zero-order valence-corrected chi connectivity index (χ0v) is 18.1. The predicted octanol–water partition coefficient (Wildman–Crippen LogP) is 6.14. The summed E-state index contributed by atoms with van der Waals surface area (Å²) in [6.45, 7) is 1.68. The van der Waals surface area contributed by atoms with E-state index in [1.54, 1.807) is 31.3 Å². The fraction of sp³-hybridized carbons (Fsp3) is 0.0625. The summed E-state index contributed by atoms with van der Waals surface area (Å²) in [5, 5.41) is 1.08. The zero-order valence-electron chi connectivity index (χ0n) is 12.6. The first kappa shape index (κ1) is 18.9. The summed E-state index contributed by atoms with van der Waals surface area (Å²) < 4.78 is 32.1. The Labute approximate surface area is 171 Å². The van der Waals surface area contributed by atoms with E-state index < -0.39 is 10.1 Å². The highest BCUT2D eigenvalue weighted by Gasteiger charge is 2.25. The smallest absolute Gasteiger partial charge is 0.340 e. The molecule has 9 heteroatoms. The molecule has 0 radical (unpaired) electrons. The van der Waals surface area contributed by atoms with Gasteiger partial charge < -0.3 is 4.18 Å². The van der Waals surface area contributed by atoms with Crippen molar-refractivity contribution in [2.75, 3.05) is 0 Å². The normalized spacial score (nSPS) is 11.7. The maximum absolute atomic E-state index is 12.8. The Morgan fingerprint density at radius 1 is 1.08 bits per heavy atom. The van der Waals surface area contributed by atoms with Crippen molar-refractivity contribution in [2.24, 2.45) is 0 Å². The number of hydrogen-bond acceptors (Lipinski definition) is 4. The summed E-state index contributed by atoms with van der Waals surface area (Å²) >= 11 is 18.8. The number of aromatic nitrogens is 1. The minimum atomic E-state index is -4.19. The number of benzene rings is 2. The number of fused-ring (bicyclic) bond motifs is 1. The van der Waals surface area contributed by atoms with Gasteiger partial charge in [0.1, 0.15) is 10.4 Å². The Kier molecular flexibility index (Phi) is 5.33. The Morgan fingerprint density at radius 2 is 1.80 bits per heavy atom. The van der Waals surface area contributed by atoms with Gasteiger partial charge in [-0.15, -0.1) is 0 Å². The summed E-state index contributed by atoms with van der Waals surface area (Å²) in [6, 6.07) is 8.00. The zero-order chi connectivity index (χ0) is 18.4. The van der Waals surface area contributed by atoms with Crippen molar-refractivity contribution >= 4 is 76.1 Å². The maximum atomic E-state index is 12.8. The molecule has 130 valence electrons. The Balaban J connectivity index is 2.17. The molecule has 25 heavy (non-hydrogen) atoms. The molecule has 4 nitrogen and oxygen atoms in total. The first-order chi connectivity index (χ1) is 11.7. The van der Waals surface area contributed by atoms with Crippen LogP contribution in [0.15, 0.2) is 50.4 Å². The van der Waals surface area contributed by atoms with Gasteiger partial charge >= 0.3 is 10.1 Å². The summed E-state index contributed by atoms with van der Waals surface area (Å²) in [6.07, 6.45) is 1.56. The van der Waals surface area contributed by atoms with Crippen molar-refractivity contribution in [1.82, 2.24) is 4.98 Å². The molecule has 0 atom stereocenters. The number of rotatable bonds is 3. The molecule has 0 aliphatic heterocycles. The average Bonchev–Trinajstić information content (AvgIpc) is 2.54. The van der Waals surface area contributed by atoms with E-state index in [9.17, 15) is 8.42 Å². The summed E-state index contributed by atoms with van der Waals surface area (Å²) in [4.78, 5) is 4.07. The second-order valence-electron chi connectivity index (χ2n) is 5.14. The fourth-order valence-corrected chi connectivity index (χ4v) is 5.43. The van der Waals surface area contributed by atoms with Crippen LogP contribution in [-0.2, 0) is 10.1 Å². The Morgan fingerprint density at radius 3 is 2.52 bits per heavy atom. The van der Waals surface area contributed by atoms with Crippen molar-refractivity contribution in [3.05, 3.63) is 61.1 Å². The molecule has 0 saturated carbocycles. The van der Waals surface area contributed by atoms with Gasteiger partial charge in [-0.25, -0.2) is 0 Å². The van der Waals surface area contributed by atoms with Crippen LogP contribution in [0.1, 0.15) is 5.56 Å². The third-order valence-electron chi connectivity index (χ3n) is 3.43. The van der Waals surface area contributed by atoms with E-state index in [1.807, 2.05) is 0 Å². The van der Waals surface area contributed by atoms with Crippen LogP contribution in [0.25, 0.3) is 10.9 Å². The molecule has 0 bridgehead atoms. The van der Waals surface area contributed by atoms with Gasteiger partial charge in [-0.2, -0.15) is 8.42 Å². The van der Waals surface area contributed by atoms with Crippen LogP contribution in [0.3, 0.4) is 0 Å². The third kappa shape index (κ3) is 3.66. The molecule has 1 aromatic heterocycles. The average molecular weight is 526 g/mol. The standard InChI is InChI=1S/C16H9Br2Cl2NO3S/c1-8-5-14(13(20)7-12(8)19)25(22,23)24-16-11(18)6-10(17)9-3-2-4-21-15(9)16/h2-7H,1H3. The maximum Gasteiger partial charge on any atom is 0.340 e. The number of halogens is 4. The van der Waals surface area contributed by atoms with E-state index in [2.05, 4.69) is 36.8 Å². The lowest BCUT2D eigenvalue weighted by Gasteiger charge is -2.13. The van der Waals surface area contributed by atoms with Crippen molar-refractivity contribution < 1.29 is 12.6 Å². The largest absolute Gasteiger partial charge is 0.375 e. The molecule has 0 unspecified atom stereocenters. The van der Waals surface area contributed by atoms with Crippen LogP contribution in [0.4, 0.5) is 0 Å². The van der Waals surface area contributed by atoms with E-state index in [4.69, 9.17) is 27.4 Å². The van der Waals surface area contributed by atoms with Gasteiger partial charge in [-0.1, -0.05) is 45.2 Å². The van der Waals surface area contributed by atoms with E-state index in [-0.39, 0.29) is 15.7 Å². The first-order valence-corrected chi connectivity index (χ1v) is 10.6. The second-order valence-corrected chi connectivity index (χ2v) is 9.18. The summed E-state index contributed by atoms with van der Waals surface area (Å²) in [5.74, 6) is 0.0856. The minimum absolute atomic E-state index is 0.0129. The molecular weight excluding hydrogens is 517 g/mol. The van der Waals surface area contributed by atoms with Crippen LogP contribution in [-0.4, -0.2) is 13.4 Å². The van der Waals surface area contributed by atoms with Gasteiger partial charge in [0.2, 0.25) is 0 Å². The summed E-state index contributed by atoms with van der Waals surface area (Å²) in [7, 11) is -4.19. The second kappa shape index (κ2) is 7.04.